The summed E-state index contributed by atoms with van der Waals surface area (Å²) >= 11 is 0. The molecule has 0 bridgehead atoms. The van der Waals surface area contributed by atoms with Crippen LogP contribution in [0.2, 0.25) is 0 Å². The van der Waals surface area contributed by atoms with Crippen molar-refractivity contribution < 1.29 is 9.59 Å². The topological polar surface area (TPSA) is 70.2 Å². The van der Waals surface area contributed by atoms with E-state index in [1.165, 1.54) is 0 Å². The third-order valence-electron chi connectivity index (χ3n) is 3.69. The van der Waals surface area contributed by atoms with Gasteiger partial charge in [0.25, 0.3) is 0 Å². The first-order chi connectivity index (χ1) is 10.2. The third kappa shape index (κ3) is 4.86. The first kappa shape index (κ1) is 15.5. The molecular formula is C16H23N3O2. The highest BCUT2D eigenvalue weighted by Crippen LogP contribution is 2.07. The van der Waals surface area contributed by atoms with Gasteiger partial charge >= 0.3 is 0 Å². The molecule has 1 aliphatic rings. The largest absolute Gasteiger partial charge is 0.350 e. The lowest BCUT2D eigenvalue weighted by atomic mass is 10.0. The van der Waals surface area contributed by atoms with Gasteiger partial charge in [-0.05, 0) is 31.9 Å². The number of benzene rings is 1. The van der Waals surface area contributed by atoms with Gasteiger partial charge in [-0.25, -0.2) is 0 Å². The lowest BCUT2D eigenvalue weighted by molar-refractivity contribution is -0.130. The number of rotatable bonds is 5. The van der Waals surface area contributed by atoms with Crippen LogP contribution in [0.15, 0.2) is 30.3 Å². The highest BCUT2D eigenvalue weighted by molar-refractivity contribution is 5.89. The average Bonchev–Trinajstić information content (AvgIpc) is 2.54. The summed E-state index contributed by atoms with van der Waals surface area (Å²) in [7, 11) is 0. The van der Waals surface area contributed by atoms with Crippen molar-refractivity contribution in [2.75, 3.05) is 6.54 Å². The van der Waals surface area contributed by atoms with Crippen molar-refractivity contribution >= 4 is 11.8 Å². The Labute approximate surface area is 125 Å². The zero-order valence-corrected chi connectivity index (χ0v) is 12.4. The summed E-state index contributed by atoms with van der Waals surface area (Å²) in [5, 5.41) is 8.78. The molecule has 0 radical (unpaired) electrons. The van der Waals surface area contributed by atoms with Crippen molar-refractivity contribution in [2.45, 2.75) is 44.8 Å². The summed E-state index contributed by atoms with van der Waals surface area (Å²) in [6.07, 6.45) is 3.00. The second-order valence-electron chi connectivity index (χ2n) is 5.44. The summed E-state index contributed by atoms with van der Waals surface area (Å²) in [6, 6.07) is 9.02. The van der Waals surface area contributed by atoms with E-state index in [4.69, 9.17) is 0 Å². The van der Waals surface area contributed by atoms with Crippen LogP contribution in [-0.2, 0) is 16.1 Å². The van der Waals surface area contributed by atoms with Gasteiger partial charge in [0.1, 0.15) is 6.04 Å². The quantitative estimate of drug-likeness (QED) is 0.756. The van der Waals surface area contributed by atoms with E-state index in [0.717, 1.165) is 31.4 Å². The predicted molar refractivity (Wildman–Crippen MR) is 81.5 cm³/mol. The van der Waals surface area contributed by atoms with Crippen LogP contribution in [0.3, 0.4) is 0 Å². The van der Waals surface area contributed by atoms with E-state index >= 15 is 0 Å². The van der Waals surface area contributed by atoms with Gasteiger partial charge in [-0.1, -0.05) is 36.8 Å². The second-order valence-corrected chi connectivity index (χ2v) is 5.44. The maximum atomic E-state index is 12.0. The van der Waals surface area contributed by atoms with E-state index in [2.05, 4.69) is 16.0 Å². The molecule has 5 nitrogen and oxygen atoms in total. The van der Waals surface area contributed by atoms with Crippen LogP contribution >= 0.6 is 0 Å². The van der Waals surface area contributed by atoms with Crippen molar-refractivity contribution in [3.63, 3.8) is 0 Å². The molecule has 0 aromatic heterocycles. The zero-order chi connectivity index (χ0) is 15.1. The molecule has 1 fully saturated rings. The van der Waals surface area contributed by atoms with Gasteiger partial charge in [-0.3, -0.25) is 9.59 Å². The SMILES string of the molecule is CC(NC(=O)C1CCCCN1)C(=O)NCc1ccccc1. The van der Waals surface area contributed by atoms with Crippen molar-refractivity contribution in [3.05, 3.63) is 35.9 Å². The van der Waals surface area contributed by atoms with E-state index < -0.39 is 6.04 Å². The zero-order valence-electron chi connectivity index (χ0n) is 12.4. The van der Waals surface area contributed by atoms with E-state index in [0.29, 0.717) is 6.54 Å². The number of amides is 2. The summed E-state index contributed by atoms with van der Waals surface area (Å²) in [6.45, 7) is 3.05. The van der Waals surface area contributed by atoms with Crippen LogP contribution in [0.25, 0.3) is 0 Å². The van der Waals surface area contributed by atoms with Crippen LogP contribution in [0.4, 0.5) is 0 Å². The summed E-state index contributed by atoms with van der Waals surface area (Å²) in [4.78, 5) is 24.0. The lowest BCUT2D eigenvalue weighted by Gasteiger charge is -2.24. The Morgan fingerprint density at radius 1 is 1.29 bits per heavy atom. The minimum atomic E-state index is -0.523. The van der Waals surface area contributed by atoms with Crippen LogP contribution in [-0.4, -0.2) is 30.4 Å². The Morgan fingerprint density at radius 2 is 2.05 bits per heavy atom. The number of carbonyl (C=O) groups is 2. The van der Waals surface area contributed by atoms with Gasteiger partial charge in [0.2, 0.25) is 11.8 Å². The molecule has 1 aliphatic heterocycles. The smallest absolute Gasteiger partial charge is 0.242 e. The maximum absolute atomic E-state index is 12.0. The molecule has 5 heteroatoms. The Balaban J connectivity index is 1.75. The highest BCUT2D eigenvalue weighted by atomic mass is 16.2. The van der Waals surface area contributed by atoms with Gasteiger partial charge in [0, 0.05) is 6.54 Å². The Kier molecular flexibility index (Phi) is 5.75. The predicted octanol–water partition coefficient (Wildman–Crippen LogP) is 0.950. The molecule has 2 atom stereocenters. The molecule has 1 aromatic rings. The van der Waals surface area contributed by atoms with Gasteiger partial charge in [0.05, 0.1) is 6.04 Å². The third-order valence-corrected chi connectivity index (χ3v) is 3.69. The number of hydrogen-bond acceptors (Lipinski definition) is 3. The van der Waals surface area contributed by atoms with Crippen LogP contribution in [0.5, 0.6) is 0 Å². The molecule has 0 saturated carbocycles. The number of carbonyl (C=O) groups excluding carboxylic acids is 2. The number of hydrogen-bond donors (Lipinski definition) is 3. The van der Waals surface area contributed by atoms with Crippen molar-refractivity contribution in [1.29, 1.82) is 0 Å². The summed E-state index contributed by atoms with van der Waals surface area (Å²) in [5.74, 6) is -0.250. The maximum Gasteiger partial charge on any atom is 0.242 e. The summed E-state index contributed by atoms with van der Waals surface area (Å²) < 4.78 is 0. The fraction of sp³-hybridized carbons (Fsp3) is 0.500. The molecule has 21 heavy (non-hydrogen) atoms. The van der Waals surface area contributed by atoms with Gasteiger partial charge < -0.3 is 16.0 Å². The van der Waals surface area contributed by atoms with Crippen molar-refractivity contribution in [2.24, 2.45) is 0 Å². The molecule has 2 amide bonds. The molecule has 1 aromatic carbocycles. The van der Waals surface area contributed by atoms with E-state index in [-0.39, 0.29) is 17.9 Å². The van der Waals surface area contributed by atoms with Crippen molar-refractivity contribution in [3.8, 4) is 0 Å². The normalized spacial score (nSPS) is 19.6. The van der Waals surface area contributed by atoms with Crippen LogP contribution < -0.4 is 16.0 Å². The standard InChI is InChI=1S/C16H23N3O2/c1-12(19-16(21)14-9-5-6-10-17-14)15(20)18-11-13-7-3-2-4-8-13/h2-4,7-8,12,14,17H,5-6,9-11H2,1H3,(H,18,20)(H,19,21). The van der Waals surface area contributed by atoms with Crippen LogP contribution in [0, 0.1) is 0 Å². The molecule has 3 N–H and O–H groups in total. The van der Waals surface area contributed by atoms with E-state index in [9.17, 15) is 9.59 Å². The number of piperidine rings is 1. The molecule has 1 heterocycles. The molecule has 0 aliphatic carbocycles. The Bertz CT molecular complexity index is 470. The molecule has 2 rings (SSSR count). The number of nitrogens with one attached hydrogen (secondary N) is 3. The minimum Gasteiger partial charge on any atom is -0.350 e. The van der Waals surface area contributed by atoms with Crippen molar-refractivity contribution in [1.82, 2.24) is 16.0 Å². The first-order valence-corrected chi connectivity index (χ1v) is 7.52. The molecule has 114 valence electrons. The molecule has 0 spiro atoms. The minimum absolute atomic E-state index is 0.0861. The van der Waals surface area contributed by atoms with Gasteiger partial charge in [0.15, 0.2) is 0 Å². The van der Waals surface area contributed by atoms with E-state index in [1.807, 2.05) is 30.3 Å². The Morgan fingerprint density at radius 3 is 2.71 bits per heavy atom. The van der Waals surface area contributed by atoms with Crippen LogP contribution in [0.1, 0.15) is 31.7 Å². The molecule has 2 unspecified atom stereocenters. The molecular weight excluding hydrogens is 266 g/mol. The first-order valence-electron chi connectivity index (χ1n) is 7.52. The average molecular weight is 289 g/mol. The van der Waals surface area contributed by atoms with Gasteiger partial charge in [-0.15, -0.1) is 0 Å². The molecule has 1 saturated heterocycles. The fourth-order valence-electron chi connectivity index (χ4n) is 2.39. The monoisotopic (exact) mass is 289 g/mol. The van der Waals surface area contributed by atoms with E-state index in [1.54, 1.807) is 6.92 Å². The van der Waals surface area contributed by atoms with Gasteiger partial charge in [-0.2, -0.15) is 0 Å². The second kappa shape index (κ2) is 7.78. The highest BCUT2D eigenvalue weighted by Gasteiger charge is 2.23. The lowest BCUT2D eigenvalue weighted by Crippen LogP contribution is -2.52. The summed E-state index contributed by atoms with van der Waals surface area (Å²) in [5.41, 5.74) is 1.04. The Hall–Kier alpha value is -1.88. The fourth-order valence-corrected chi connectivity index (χ4v) is 2.39.